The van der Waals surface area contributed by atoms with Gasteiger partial charge in [-0.05, 0) is 36.4 Å². The van der Waals surface area contributed by atoms with Gasteiger partial charge in [-0.1, -0.05) is 17.7 Å². The number of rotatable bonds is 6. The maximum absolute atomic E-state index is 12.6. The Bertz CT molecular complexity index is 1050. The number of aliphatic hydroxyl groups excluding tert-OH is 1. The molecule has 0 aliphatic heterocycles. The van der Waals surface area contributed by atoms with Gasteiger partial charge in [-0.3, -0.25) is 9.52 Å². The molecular formula is C15H15ClN2O6S2. The minimum Gasteiger partial charge on any atom is -0.387 e. The molecule has 2 aromatic carbocycles. The summed E-state index contributed by atoms with van der Waals surface area (Å²) in [5.74, 6) is -0.658. The molecule has 2 rings (SSSR count). The molecule has 0 fully saturated rings. The van der Waals surface area contributed by atoms with Crippen LogP contribution in [0.4, 0.5) is 11.4 Å². The lowest BCUT2D eigenvalue weighted by atomic mass is 10.3. The zero-order valence-corrected chi connectivity index (χ0v) is 15.8. The van der Waals surface area contributed by atoms with Gasteiger partial charge in [0.05, 0.1) is 15.6 Å². The van der Waals surface area contributed by atoms with E-state index in [1.165, 1.54) is 36.4 Å². The fourth-order valence-electron chi connectivity index (χ4n) is 1.99. The number of halogens is 1. The van der Waals surface area contributed by atoms with Crippen molar-refractivity contribution in [1.82, 2.24) is 0 Å². The molecule has 0 aliphatic rings. The number of aliphatic hydroxyl groups is 1. The Morgan fingerprint density at radius 3 is 2.35 bits per heavy atom. The van der Waals surface area contributed by atoms with Crippen molar-refractivity contribution < 1.29 is 26.7 Å². The first-order chi connectivity index (χ1) is 12.0. The third-order valence-corrected chi connectivity index (χ3v) is 6.14. The molecule has 0 spiro atoms. The molecule has 0 unspecified atom stereocenters. The van der Waals surface area contributed by atoms with Gasteiger partial charge in [0.25, 0.3) is 10.0 Å². The maximum atomic E-state index is 12.6. The van der Waals surface area contributed by atoms with Crippen molar-refractivity contribution in [3.8, 4) is 0 Å². The van der Waals surface area contributed by atoms with Gasteiger partial charge in [0.15, 0.2) is 9.84 Å². The highest BCUT2D eigenvalue weighted by Crippen LogP contribution is 2.27. The van der Waals surface area contributed by atoms with Crippen molar-refractivity contribution >= 4 is 48.7 Å². The van der Waals surface area contributed by atoms with Crippen LogP contribution in [-0.4, -0.2) is 40.7 Å². The molecule has 0 saturated carbocycles. The third kappa shape index (κ3) is 4.94. The number of amides is 1. The molecule has 2 aromatic rings. The topological polar surface area (TPSA) is 130 Å². The second-order valence-electron chi connectivity index (χ2n) is 5.26. The molecule has 8 nitrogen and oxygen atoms in total. The van der Waals surface area contributed by atoms with Crippen molar-refractivity contribution in [2.24, 2.45) is 0 Å². The Hall–Kier alpha value is -2.14. The molecule has 0 radical (unpaired) electrons. The highest BCUT2D eigenvalue weighted by atomic mass is 35.5. The normalized spacial score (nSPS) is 11.8. The number of benzene rings is 2. The van der Waals surface area contributed by atoms with Crippen LogP contribution in [0.2, 0.25) is 5.02 Å². The molecule has 140 valence electrons. The zero-order valence-electron chi connectivity index (χ0n) is 13.4. The number of sulfonamides is 1. The summed E-state index contributed by atoms with van der Waals surface area (Å²) in [6.45, 7) is -0.718. The molecule has 0 aromatic heterocycles. The van der Waals surface area contributed by atoms with Gasteiger partial charge in [-0.25, -0.2) is 16.8 Å². The molecule has 0 heterocycles. The maximum Gasteiger partial charge on any atom is 0.263 e. The number of hydrogen-bond donors (Lipinski definition) is 3. The standard InChI is InChI=1S/C15H15ClN2O6S2/c1-25(21,22)12-5-6-13(16)14(8-12)26(23,24)18-11-4-2-3-10(7-11)17-15(20)9-19/h2-8,18-19H,9H2,1H3,(H,17,20). The number of anilines is 2. The fraction of sp³-hybridized carbons (Fsp3) is 0.133. The number of carbonyl (C=O) groups is 1. The van der Waals surface area contributed by atoms with Gasteiger partial charge in [-0.2, -0.15) is 0 Å². The quantitative estimate of drug-likeness (QED) is 0.651. The first kappa shape index (κ1) is 20.2. The molecule has 26 heavy (non-hydrogen) atoms. The van der Waals surface area contributed by atoms with E-state index >= 15 is 0 Å². The molecule has 0 atom stereocenters. The van der Waals surface area contributed by atoms with Gasteiger partial charge in [0.2, 0.25) is 5.91 Å². The first-order valence-electron chi connectivity index (χ1n) is 7.06. The third-order valence-electron chi connectivity index (χ3n) is 3.16. The summed E-state index contributed by atoms with van der Waals surface area (Å²) in [4.78, 5) is 10.6. The van der Waals surface area contributed by atoms with Crippen LogP contribution in [0.5, 0.6) is 0 Å². The molecular weight excluding hydrogens is 404 g/mol. The van der Waals surface area contributed by atoms with Gasteiger partial charge in [-0.15, -0.1) is 0 Å². The number of sulfone groups is 1. The van der Waals surface area contributed by atoms with E-state index in [4.69, 9.17) is 16.7 Å². The van der Waals surface area contributed by atoms with Crippen molar-refractivity contribution in [3.05, 3.63) is 47.5 Å². The highest BCUT2D eigenvalue weighted by molar-refractivity contribution is 7.93. The first-order valence-corrected chi connectivity index (χ1v) is 10.8. The molecule has 1 amide bonds. The molecule has 0 bridgehead atoms. The minimum absolute atomic E-state index is 0.113. The summed E-state index contributed by atoms with van der Waals surface area (Å²) in [5.41, 5.74) is 0.377. The smallest absolute Gasteiger partial charge is 0.263 e. The predicted molar refractivity (Wildman–Crippen MR) is 97.5 cm³/mol. The van der Waals surface area contributed by atoms with Gasteiger partial charge in [0.1, 0.15) is 11.5 Å². The monoisotopic (exact) mass is 418 g/mol. The highest BCUT2D eigenvalue weighted by Gasteiger charge is 2.21. The van der Waals surface area contributed by atoms with E-state index in [-0.39, 0.29) is 21.3 Å². The summed E-state index contributed by atoms with van der Waals surface area (Å²) in [5, 5.41) is 11.0. The van der Waals surface area contributed by atoms with Gasteiger partial charge in [0, 0.05) is 11.9 Å². The van der Waals surface area contributed by atoms with E-state index in [2.05, 4.69) is 10.0 Å². The van der Waals surface area contributed by atoms with Crippen LogP contribution < -0.4 is 10.0 Å². The largest absolute Gasteiger partial charge is 0.387 e. The molecule has 3 N–H and O–H groups in total. The van der Waals surface area contributed by atoms with Gasteiger partial charge < -0.3 is 10.4 Å². The minimum atomic E-state index is -4.19. The molecule has 0 aliphatic carbocycles. The van der Waals surface area contributed by atoms with Crippen LogP contribution >= 0.6 is 11.6 Å². The molecule has 11 heteroatoms. The Morgan fingerprint density at radius 2 is 1.73 bits per heavy atom. The van der Waals surface area contributed by atoms with E-state index in [1.54, 1.807) is 0 Å². The van der Waals surface area contributed by atoms with Crippen molar-refractivity contribution in [3.63, 3.8) is 0 Å². The van der Waals surface area contributed by atoms with Crippen LogP contribution in [0.1, 0.15) is 0 Å². The number of nitrogens with one attached hydrogen (secondary N) is 2. The van der Waals surface area contributed by atoms with Crippen LogP contribution in [0.3, 0.4) is 0 Å². The van der Waals surface area contributed by atoms with Crippen LogP contribution in [0.15, 0.2) is 52.3 Å². The lowest BCUT2D eigenvalue weighted by Crippen LogP contribution is -2.16. The summed E-state index contributed by atoms with van der Waals surface area (Å²) in [6.07, 6.45) is 0.952. The Kier molecular flexibility index (Phi) is 5.91. The molecule has 0 saturated heterocycles. The van der Waals surface area contributed by atoms with E-state index in [0.717, 1.165) is 12.3 Å². The zero-order chi connectivity index (χ0) is 19.5. The van der Waals surface area contributed by atoms with Crippen LogP contribution in [0, 0.1) is 0 Å². The van der Waals surface area contributed by atoms with Gasteiger partial charge >= 0.3 is 0 Å². The summed E-state index contributed by atoms with van der Waals surface area (Å²) in [7, 11) is -7.81. The number of hydrogen-bond acceptors (Lipinski definition) is 6. The van der Waals surface area contributed by atoms with Crippen molar-refractivity contribution in [2.75, 3.05) is 22.9 Å². The van der Waals surface area contributed by atoms with Crippen molar-refractivity contribution in [1.29, 1.82) is 0 Å². The van der Waals surface area contributed by atoms with Crippen LogP contribution in [-0.2, 0) is 24.7 Å². The Morgan fingerprint density at radius 1 is 1.08 bits per heavy atom. The van der Waals surface area contributed by atoms with Crippen molar-refractivity contribution in [2.45, 2.75) is 9.79 Å². The summed E-state index contributed by atoms with van der Waals surface area (Å²) >= 11 is 5.92. The lowest BCUT2D eigenvalue weighted by Gasteiger charge is -2.12. The number of carbonyl (C=O) groups excluding carboxylic acids is 1. The Balaban J connectivity index is 2.38. The average Bonchev–Trinajstić information content (AvgIpc) is 2.53. The Labute approximate surface area is 155 Å². The lowest BCUT2D eigenvalue weighted by molar-refractivity contribution is -0.118. The fourth-order valence-corrected chi connectivity index (χ4v) is 4.29. The average molecular weight is 419 g/mol. The van der Waals surface area contributed by atoms with E-state index < -0.39 is 37.3 Å². The predicted octanol–water partition coefficient (Wildman–Crippen LogP) is 1.48. The second-order valence-corrected chi connectivity index (χ2v) is 9.33. The van der Waals surface area contributed by atoms with E-state index in [1.807, 2.05) is 0 Å². The van der Waals surface area contributed by atoms with Crippen LogP contribution in [0.25, 0.3) is 0 Å². The van der Waals surface area contributed by atoms with E-state index in [9.17, 15) is 21.6 Å². The SMILES string of the molecule is CS(=O)(=O)c1ccc(Cl)c(S(=O)(=O)Nc2cccc(NC(=O)CO)c2)c1. The van der Waals surface area contributed by atoms with E-state index in [0.29, 0.717) is 0 Å². The second kappa shape index (κ2) is 7.62. The summed E-state index contributed by atoms with van der Waals surface area (Å²) < 4.78 is 50.7. The summed E-state index contributed by atoms with van der Waals surface area (Å²) in [6, 6.07) is 9.12.